The lowest BCUT2D eigenvalue weighted by Gasteiger charge is -2.11. The third-order valence-corrected chi connectivity index (χ3v) is 3.85. The fraction of sp³-hybridized carbons (Fsp3) is 0.211. The molecule has 0 bridgehead atoms. The summed E-state index contributed by atoms with van der Waals surface area (Å²) in [5.41, 5.74) is 2.82. The number of aromatic nitrogens is 1. The second-order valence-electron chi connectivity index (χ2n) is 5.39. The summed E-state index contributed by atoms with van der Waals surface area (Å²) in [5.74, 6) is 1.55. The second kappa shape index (κ2) is 6.67. The van der Waals surface area contributed by atoms with Gasteiger partial charge in [0.15, 0.2) is 0 Å². The number of aliphatic hydroxyl groups excluding tert-OH is 1. The van der Waals surface area contributed by atoms with Gasteiger partial charge in [0, 0.05) is 17.6 Å². The van der Waals surface area contributed by atoms with Crippen molar-refractivity contribution in [3.05, 3.63) is 65.5 Å². The molecule has 0 atom stereocenters. The number of pyridine rings is 1. The van der Waals surface area contributed by atoms with Gasteiger partial charge in [-0.25, -0.2) is 0 Å². The highest BCUT2D eigenvalue weighted by molar-refractivity contribution is 5.84. The maximum atomic E-state index is 9.24. The van der Waals surface area contributed by atoms with Crippen molar-refractivity contribution in [2.45, 2.75) is 20.1 Å². The highest BCUT2D eigenvalue weighted by atomic mass is 16.5. The number of benzene rings is 2. The van der Waals surface area contributed by atoms with E-state index >= 15 is 0 Å². The first-order chi connectivity index (χ1) is 11.2. The van der Waals surface area contributed by atoms with Crippen molar-refractivity contribution >= 4 is 10.8 Å². The van der Waals surface area contributed by atoms with E-state index in [9.17, 15) is 5.11 Å². The van der Waals surface area contributed by atoms with Crippen LogP contribution in [0.2, 0.25) is 0 Å². The van der Waals surface area contributed by atoms with Crippen molar-refractivity contribution in [1.29, 1.82) is 0 Å². The minimum atomic E-state index is 0.0350. The van der Waals surface area contributed by atoms with Crippen LogP contribution in [0.25, 0.3) is 10.8 Å². The molecule has 3 rings (SSSR count). The first-order valence-electron chi connectivity index (χ1n) is 7.46. The van der Waals surface area contributed by atoms with Crippen LogP contribution < -0.4 is 9.47 Å². The Morgan fingerprint density at radius 3 is 2.74 bits per heavy atom. The lowest BCUT2D eigenvalue weighted by atomic mass is 10.1. The van der Waals surface area contributed by atoms with Crippen LogP contribution in [0.5, 0.6) is 11.5 Å². The van der Waals surface area contributed by atoms with Crippen molar-refractivity contribution in [3.63, 3.8) is 0 Å². The second-order valence-corrected chi connectivity index (χ2v) is 5.39. The fourth-order valence-corrected chi connectivity index (χ4v) is 2.55. The van der Waals surface area contributed by atoms with E-state index < -0.39 is 0 Å². The van der Waals surface area contributed by atoms with E-state index in [0.29, 0.717) is 6.61 Å². The van der Waals surface area contributed by atoms with Gasteiger partial charge in [-0.05, 0) is 41.6 Å². The van der Waals surface area contributed by atoms with E-state index in [2.05, 4.69) is 4.98 Å². The van der Waals surface area contributed by atoms with Gasteiger partial charge in [0.05, 0.1) is 19.4 Å². The van der Waals surface area contributed by atoms with E-state index in [4.69, 9.17) is 9.47 Å². The molecule has 4 nitrogen and oxygen atoms in total. The number of rotatable bonds is 5. The van der Waals surface area contributed by atoms with Crippen LogP contribution in [0.1, 0.15) is 16.8 Å². The van der Waals surface area contributed by atoms with Crippen LogP contribution in [0, 0.1) is 6.92 Å². The summed E-state index contributed by atoms with van der Waals surface area (Å²) in [4.78, 5) is 4.42. The molecule has 4 heteroatoms. The molecular weight excluding hydrogens is 290 g/mol. The summed E-state index contributed by atoms with van der Waals surface area (Å²) in [5, 5.41) is 11.3. The summed E-state index contributed by atoms with van der Waals surface area (Å²) >= 11 is 0. The molecule has 23 heavy (non-hydrogen) atoms. The number of hydrogen-bond donors (Lipinski definition) is 1. The third-order valence-electron chi connectivity index (χ3n) is 3.85. The maximum absolute atomic E-state index is 9.24. The Labute approximate surface area is 135 Å². The minimum Gasteiger partial charge on any atom is -0.496 e. The molecule has 0 aliphatic heterocycles. The molecule has 0 radical (unpaired) electrons. The van der Waals surface area contributed by atoms with Gasteiger partial charge < -0.3 is 14.6 Å². The molecule has 0 aliphatic carbocycles. The van der Waals surface area contributed by atoms with E-state index in [0.717, 1.165) is 39.1 Å². The lowest BCUT2D eigenvalue weighted by Crippen LogP contribution is -2.00. The van der Waals surface area contributed by atoms with E-state index in [1.54, 1.807) is 13.3 Å². The SMILES string of the molecule is COc1cc(OCc2nccc3cc(CO)ccc23)ccc1C. The fourth-order valence-electron chi connectivity index (χ4n) is 2.55. The summed E-state index contributed by atoms with van der Waals surface area (Å²) in [6.07, 6.45) is 1.76. The number of aliphatic hydroxyl groups is 1. The predicted molar refractivity (Wildman–Crippen MR) is 89.7 cm³/mol. The Balaban J connectivity index is 1.84. The summed E-state index contributed by atoms with van der Waals surface area (Å²) in [7, 11) is 1.65. The number of nitrogens with zero attached hydrogens (tertiary/aromatic N) is 1. The average Bonchev–Trinajstić information content (AvgIpc) is 2.60. The normalized spacial score (nSPS) is 10.7. The Morgan fingerprint density at radius 1 is 1.09 bits per heavy atom. The number of fused-ring (bicyclic) bond motifs is 1. The average molecular weight is 309 g/mol. The summed E-state index contributed by atoms with van der Waals surface area (Å²) in [6.45, 7) is 2.41. The number of methoxy groups -OCH3 is 1. The minimum absolute atomic E-state index is 0.0350. The molecule has 1 aromatic heterocycles. The van der Waals surface area contributed by atoms with Gasteiger partial charge in [-0.3, -0.25) is 4.98 Å². The maximum Gasteiger partial charge on any atom is 0.131 e. The Bertz CT molecular complexity index is 830. The van der Waals surface area contributed by atoms with Gasteiger partial charge in [-0.2, -0.15) is 0 Å². The van der Waals surface area contributed by atoms with Gasteiger partial charge in [0.1, 0.15) is 18.1 Å². The highest BCUT2D eigenvalue weighted by Gasteiger charge is 2.06. The van der Waals surface area contributed by atoms with Crippen LogP contribution in [0.4, 0.5) is 0 Å². The number of aryl methyl sites for hydroxylation is 1. The highest BCUT2D eigenvalue weighted by Crippen LogP contribution is 2.25. The molecular formula is C19H19NO3. The molecule has 0 unspecified atom stereocenters. The van der Waals surface area contributed by atoms with Gasteiger partial charge in [0.25, 0.3) is 0 Å². The molecule has 0 amide bonds. The Kier molecular flexibility index (Phi) is 4.44. The van der Waals surface area contributed by atoms with Crippen LogP contribution in [0.3, 0.4) is 0 Å². The molecule has 2 aromatic carbocycles. The molecule has 0 saturated heterocycles. The van der Waals surface area contributed by atoms with Crippen LogP contribution in [-0.4, -0.2) is 17.2 Å². The van der Waals surface area contributed by atoms with Gasteiger partial charge in [0.2, 0.25) is 0 Å². The van der Waals surface area contributed by atoms with Crippen molar-refractivity contribution in [1.82, 2.24) is 4.98 Å². The molecule has 0 aliphatic rings. The lowest BCUT2D eigenvalue weighted by molar-refractivity contribution is 0.282. The number of hydrogen-bond acceptors (Lipinski definition) is 4. The van der Waals surface area contributed by atoms with Crippen molar-refractivity contribution < 1.29 is 14.6 Å². The molecule has 118 valence electrons. The largest absolute Gasteiger partial charge is 0.496 e. The zero-order chi connectivity index (χ0) is 16.2. The van der Waals surface area contributed by atoms with E-state index in [1.165, 1.54) is 0 Å². The van der Waals surface area contributed by atoms with Crippen molar-refractivity contribution in [2.24, 2.45) is 0 Å². The van der Waals surface area contributed by atoms with E-state index in [-0.39, 0.29) is 6.61 Å². The predicted octanol–water partition coefficient (Wildman–Crippen LogP) is 3.62. The molecule has 3 aromatic rings. The van der Waals surface area contributed by atoms with Crippen LogP contribution in [-0.2, 0) is 13.2 Å². The standard InChI is InChI=1S/C19H19NO3/c1-13-3-5-16(10-19(13)22-2)23-12-18-17-6-4-14(11-21)9-15(17)7-8-20-18/h3-10,21H,11-12H2,1-2H3. The summed E-state index contributed by atoms with van der Waals surface area (Å²) in [6, 6.07) is 13.6. The van der Waals surface area contributed by atoms with Crippen LogP contribution >= 0.6 is 0 Å². The first kappa shape index (κ1) is 15.3. The third kappa shape index (κ3) is 3.27. The monoisotopic (exact) mass is 309 g/mol. The molecule has 0 spiro atoms. The zero-order valence-electron chi connectivity index (χ0n) is 13.2. The summed E-state index contributed by atoms with van der Waals surface area (Å²) < 4.78 is 11.2. The smallest absolute Gasteiger partial charge is 0.131 e. The first-order valence-corrected chi connectivity index (χ1v) is 7.46. The van der Waals surface area contributed by atoms with Gasteiger partial charge in [-0.1, -0.05) is 18.2 Å². The zero-order valence-corrected chi connectivity index (χ0v) is 13.2. The molecule has 1 heterocycles. The number of ether oxygens (including phenoxy) is 2. The van der Waals surface area contributed by atoms with E-state index in [1.807, 2.05) is 49.4 Å². The van der Waals surface area contributed by atoms with Crippen molar-refractivity contribution in [3.8, 4) is 11.5 Å². The molecule has 1 N–H and O–H groups in total. The van der Waals surface area contributed by atoms with Crippen LogP contribution in [0.15, 0.2) is 48.7 Å². The molecule has 0 saturated carbocycles. The Hall–Kier alpha value is -2.59. The van der Waals surface area contributed by atoms with Crippen molar-refractivity contribution in [2.75, 3.05) is 7.11 Å². The van der Waals surface area contributed by atoms with Gasteiger partial charge in [-0.15, -0.1) is 0 Å². The topological polar surface area (TPSA) is 51.6 Å². The quantitative estimate of drug-likeness (QED) is 0.782. The van der Waals surface area contributed by atoms with Gasteiger partial charge >= 0.3 is 0 Å². The molecule has 0 fully saturated rings. The Morgan fingerprint density at radius 2 is 1.96 bits per heavy atom.